The van der Waals surface area contributed by atoms with E-state index in [-0.39, 0.29) is 12.5 Å². The van der Waals surface area contributed by atoms with E-state index in [0.29, 0.717) is 5.56 Å². The number of carbonyl (C=O) groups excluding carboxylic acids is 1. The Balaban J connectivity index is 2.68. The first-order chi connectivity index (χ1) is 8.60. The van der Waals surface area contributed by atoms with E-state index >= 15 is 0 Å². The highest BCUT2D eigenvalue weighted by Crippen LogP contribution is 2.19. The van der Waals surface area contributed by atoms with Crippen molar-refractivity contribution in [2.45, 2.75) is 11.0 Å². The minimum absolute atomic E-state index is 0.0621. The number of thioether (sulfide) groups is 1. The van der Waals surface area contributed by atoms with Crippen molar-refractivity contribution in [2.75, 3.05) is 19.9 Å². The normalized spacial score (nSPS) is 11.9. The Bertz CT molecular complexity index is 436. The fourth-order valence-corrected chi connectivity index (χ4v) is 1.98. The molecule has 0 aromatic heterocycles. The van der Waals surface area contributed by atoms with Crippen molar-refractivity contribution in [3.05, 3.63) is 29.8 Å². The van der Waals surface area contributed by atoms with Crippen LogP contribution in [0.15, 0.2) is 29.2 Å². The molecule has 0 spiro atoms. The van der Waals surface area contributed by atoms with Crippen LogP contribution in [0.3, 0.4) is 0 Å². The lowest BCUT2D eigenvalue weighted by Crippen LogP contribution is -2.37. The van der Waals surface area contributed by atoms with E-state index in [4.69, 9.17) is 9.84 Å². The maximum absolute atomic E-state index is 11.9. The zero-order valence-corrected chi connectivity index (χ0v) is 11.0. The number of benzene rings is 1. The molecule has 5 nitrogen and oxygen atoms in total. The molecule has 0 aliphatic rings. The number of nitrogens with one attached hydrogen (secondary N) is 1. The number of carbonyl (C=O) groups is 2. The molecule has 0 saturated carbocycles. The van der Waals surface area contributed by atoms with Crippen LogP contribution in [0.25, 0.3) is 0 Å². The molecule has 0 fully saturated rings. The number of ether oxygens (including phenoxy) is 1. The van der Waals surface area contributed by atoms with Crippen molar-refractivity contribution in [2.24, 2.45) is 0 Å². The van der Waals surface area contributed by atoms with E-state index in [2.05, 4.69) is 5.32 Å². The number of hydrogen-bond acceptors (Lipinski definition) is 4. The SMILES string of the molecule is COC(CNC(=O)c1ccccc1SC)C(=O)O. The number of rotatable bonds is 6. The van der Waals surface area contributed by atoms with Crippen LogP contribution >= 0.6 is 11.8 Å². The molecule has 1 unspecified atom stereocenters. The van der Waals surface area contributed by atoms with Crippen molar-refractivity contribution >= 4 is 23.6 Å². The van der Waals surface area contributed by atoms with E-state index in [9.17, 15) is 9.59 Å². The average molecular weight is 269 g/mol. The van der Waals surface area contributed by atoms with Gasteiger partial charge in [0.2, 0.25) is 0 Å². The molecule has 0 aliphatic carbocycles. The van der Waals surface area contributed by atoms with E-state index in [1.54, 1.807) is 12.1 Å². The van der Waals surface area contributed by atoms with Gasteiger partial charge in [0.25, 0.3) is 5.91 Å². The number of hydrogen-bond donors (Lipinski definition) is 2. The van der Waals surface area contributed by atoms with Crippen LogP contribution in [0.2, 0.25) is 0 Å². The van der Waals surface area contributed by atoms with Gasteiger partial charge in [-0.25, -0.2) is 4.79 Å². The van der Waals surface area contributed by atoms with Crippen molar-refractivity contribution in [1.29, 1.82) is 0 Å². The Morgan fingerprint density at radius 2 is 2.11 bits per heavy atom. The molecule has 0 bridgehead atoms. The smallest absolute Gasteiger partial charge is 0.334 e. The van der Waals surface area contributed by atoms with Crippen LogP contribution in [0.5, 0.6) is 0 Å². The van der Waals surface area contributed by atoms with Crippen LogP contribution in [0, 0.1) is 0 Å². The van der Waals surface area contributed by atoms with Gasteiger partial charge in [0, 0.05) is 12.0 Å². The molecule has 0 aliphatic heterocycles. The van der Waals surface area contributed by atoms with Crippen LogP contribution in [-0.2, 0) is 9.53 Å². The van der Waals surface area contributed by atoms with Crippen molar-refractivity contribution < 1.29 is 19.4 Å². The zero-order valence-electron chi connectivity index (χ0n) is 10.2. The van der Waals surface area contributed by atoms with Crippen LogP contribution < -0.4 is 5.32 Å². The van der Waals surface area contributed by atoms with Crippen LogP contribution in [-0.4, -0.2) is 43.0 Å². The van der Waals surface area contributed by atoms with Gasteiger partial charge in [-0.05, 0) is 18.4 Å². The summed E-state index contributed by atoms with van der Waals surface area (Å²) in [5.74, 6) is -1.40. The molecule has 0 radical (unpaired) electrons. The molecule has 1 aromatic carbocycles. The van der Waals surface area contributed by atoms with Crippen molar-refractivity contribution in [3.8, 4) is 0 Å². The molecule has 18 heavy (non-hydrogen) atoms. The lowest BCUT2D eigenvalue weighted by atomic mass is 10.2. The van der Waals surface area contributed by atoms with Crippen molar-refractivity contribution in [3.63, 3.8) is 0 Å². The third kappa shape index (κ3) is 3.75. The number of carboxylic acids is 1. The summed E-state index contributed by atoms with van der Waals surface area (Å²) in [6.45, 7) is -0.0621. The molecule has 1 aromatic rings. The average Bonchev–Trinajstić information content (AvgIpc) is 2.38. The second-order valence-electron chi connectivity index (χ2n) is 3.47. The summed E-state index contributed by atoms with van der Waals surface area (Å²) < 4.78 is 4.74. The van der Waals surface area contributed by atoms with Gasteiger partial charge in [0.15, 0.2) is 6.10 Å². The predicted molar refractivity (Wildman–Crippen MR) is 69.0 cm³/mol. The Labute approximate surface area is 110 Å². The first-order valence-corrected chi connectivity index (χ1v) is 6.49. The van der Waals surface area contributed by atoms with Crippen LogP contribution in [0.1, 0.15) is 10.4 Å². The second-order valence-corrected chi connectivity index (χ2v) is 4.32. The molecule has 0 saturated heterocycles. The Morgan fingerprint density at radius 1 is 1.44 bits per heavy atom. The number of aliphatic carboxylic acids is 1. The maximum atomic E-state index is 11.9. The summed E-state index contributed by atoms with van der Waals surface area (Å²) in [5, 5.41) is 11.3. The lowest BCUT2D eigenvalue weighted by molar-refractivity contribution is -0.148. The molecule has 2 N–H and O–H groups in total. The zero-order chi connectivity index (χ0) is 13.5. The van der Waals surface area contributed by atoms with E-state index in [1.807, 2.05) is 18.4 Å². The van der Waals surface area contributed by atoms with Gasteiger partial charge in [-0.15, -0.1) is 11.8 Å². The minimum atomic E-state index is -1.10. The van der Waals surface area contributed by atoms with Crippen LogP contribution in [0.4, 0.5) is 0 Å². The Hall–Kier alpha value is -1.53. The molecule has 0 heterocycles. The van der Waals surface area contributed by atoms with E-state index in [1.165, 1.54) is 18.9 Å². The lowest BCUT2D eigenvalue weighted by Gasteiger charge is -2.12. The number of carboxylic acid groups (broad SMARTS) is 1. The monoisotopic (exact) mass is 269 g/mol. The third-order valence-corrected chi connectivity index (χ3v) is 3.16. The van der Waals surface area contributed by atoms with Gasteiger partial charge in [-0.3, -0.25) is 4.79 Å². The Morgan fingerprint density at radius 3 is 2.67 bits per heavy atom. The largest absolute Gasteiger partial charge is 0.479 e. The highest BCUT2D eigenvalue weighted by atomic mass is 32.2. The molecular formula is C12H15NO4S. The van der Waals surface area contributed by atoms with Gasteiger partial charge in [-0.2, -0.15) is 0 Å². The highest BCUT2D eigenvalue weighted by molar-refractivity contribution is 7.98. The molecule has 1 amide bonds. The molecule has 98 valence electrons. The molecule has 6 heteroatoms. The number of methoxy groups -OCH3 is 1. The maximum Gasteiger partial charge on any atom is 0.334 e. The topological polar surface area (TPSA) is 75.6 Å². The van der Waals surface area contributed by atoms with E-state index in [0.717, 1.165) is 4.90 Å². The summed E-state index contributed by atoms with van der Waals surface area (Å²) in [6.07, 6.45) is 0.844. The first kappa shape index (κ1) is 14.5. The fourth-order valence-electron chi connectivity index (χ4n) is 1.38. The van der Waals surface area contributed by atoms with Crippen molar-refractivity contribution in [1.82, 2.24) is 5.32 Å². The second kappa shape index (κ2) is 7.03. The van der Waals surface area contributed by atoms with Gasteiger partial charge in [0.05, 0.1) is 12.1 Å². The van der Waals surface area contributed by atoms with Gasteiger partial charge in [-0.1, -0.05) is 12.1 Å². The summed E-state index contributed by atoms with van der Waals surface area (Å²) >= 11 is 1.46. The summed E-state index contributed by atoms with van der Waals surface area (Å²) in [6, 6.07) is 7.14. The van der Waals surface area contributed by atoms with Gasteiger partial charge in [0.1, 0.15) is 0 Å². The van der Waals surface area contributed by atoms with E-state index < -0.39 is 12.1 Å². The van der Waals surface area contributed by atoms with Gasteiger partial charge < -0.3 is 15.2 Å². The molecule has 1 rings (SSSR count). The Kier molecular flexibility index (Phi) is 5.67. The standard InChI is InChI=1S/C12H15NO4S/c1-17-9(12(15)16)7-13-11(14)8-5-3-4-6-10(8)18-2/h3-6,9H,7H2,1-2H3,(H,13,14)(H,15,16). The van der Waals surface area contributed by atoms with Gasteiger partial charge >= 0.3 is 5.97 Å². The summed E-state index contributed by atoms with van der Waals surface area (Å²) in [5.41, 5.74) is 0.533. The fraction of sp³-hybridized carbons (Fsp3) is 0.333. The molecular weight excluding hydrogens is 254 g/mol. The predicted octanol–water partition coefficient (Wildman–Crippen LogP) is 1.24. The highest BCUT2D eigenvalue weighted by Gasteiger charge is 2.18. The first-order valence-electron chi connectivity index (χ1n) is 5.27. The summed E-state index contributed by atoms with van der Waals surface area (Å²) in [7, 11) is 1.29. The quantitative estimate of drug-likeness (QED) is 0.760. The number of amides is 1. The minimum Gasteiger partial charge on any atom is -0.479 e. The molecule has 1 atom stereocenters. The summed E-state index contributed by atoms with van der Waals surface area (Å²) in [4.78, 5) is 23.5. The third-order valence-electron chi connectivity index (χ3n) is 2.36.